The summed E-state index contributed by atoms with van der Waals surface area (Å²) in [6.45, 7) is 3.81. The van der Waals surface area contributed by atoms with Gasteiger partial charge in [0.15, 0.2) is 0 Å². The predicted octanol–water partition coefficient (Wildman–Crippen LogP) is 3.91. The number of carbonyl (C=O) groups is 1. The third kappa shape index (κ3) is 3.79. The van der Waals surface area contributed by atoms with E-state index in [4.69, 9.17) is 0 Å². The molecule has 2 aromatic rings. The fourth-order valence-electron chi connectivity index (χ4n) is 2.30. The second kappa shape index (κ2) is 7.36. The van der Waals surface area contributed by atoms with Gasteiger partial charge in [0.05, 0.1) is 23.3 Å². The van der Waals surface area contributed by atoms with Crippen molar-refractivity contribution in [3.63, 3.8) is 0 Å². The number of methoxy groups -OCH3 is 1. The summed E-state index contributed by atoms with van der Waals surface area (Å²) in [6.07, 6.45) is 0.702. The molecule has 2 rings (SSSR count). The van der Waals surface area contributed by atoms with E-state index in [9.17, 15) is 13.2 Å². The number of halogens is 1. The fraction of sp³-hybridized carbons (Fsp3) is 0.235. The van der Waals surface area contributed by atoms with Crippen LogP contribution in [0.2, 0.25) is 0 Å². The van der Waals surface area contributed by atoms with Gasteiger partial charge >= 0.3 is 5.97 Å². The van der Waals surface area contributed by atoms with E-state index in [1.807, 2.05) is 32.0 Å². The molecule has 128 valence electrons. The summed E-state index contributed by atoms with van der Waals surface area (Å²) in [7, 11) is -2.58. The zero-order chi connectivity index (χ0) is 17.9. The van der Waals surface area contributed by atoms with Crippen LogP contribution in [0.3, 0.4) is 0 Å². The Kier molecular flexibility index (Phi) is 5.66. The van der Waals surface area contributed by atoms with E-state index < -0.39 is 16.0 Å². The SMILES string of the molecule is CCc1cccc(C)c1NS(=O)(=O)c1ccc(Br)c(C(=O)OC)c1. The molecule has 0 radical (unpaired) electrons. The van der Waals surface area contributed by atoms with Gasteiger partial charge in [-0.1, -0.05) is 25.1 Å². The van der Waals surface area contributed by atoms with Crippen molar-refractivity contribution in [2.75, 3.05) is 11.8 Å². The molecule has 2 aromatic carbocycles. The first-order valence-corrected chi connectivity index (χ1v) is 9.57. The summed E-state index contributed by atoms with van der Waals surface area (Å²) >= 11 is 3.22. The van der Waals surface area contributed by atoms with E-state index in [-0.39, 0.29) is 10.5 Å². The Morgan fingerprint density at radius 3 is 2.58 bits per heavy atom. The molecule has 7 heteroatoms. The van der Waals surface area contributed by atoms with E-state index in [1.165, 1.54) is 25.3 Å². The number of ether oxygens (including phenoxy) is 1. The summed E-state index contributed by atoms with van der Waals surface area (Å²) in [4.78, 5) is 11.8. The quantitative estimate of drug-likeness (QED) is 0.756. The molecule has 0 amide bonds. The highest BCUT2D eigenvalue weighted by Crippen LogP contribution is 2.27. The van der Waals surface area contributed by atoms with Gasteiger partial charge in [-0.25, -0.2) is 13.2 Å². The Balaban J connectivity index is 2.48. The predicted molar refractivity (Wildman–Crippen MR) is 96.8 cm³/mol. The highest BCUT2D eigenvalue weighted by atomic mass is 79.9. The molecule has 0 saturated heterocycles. The molecular formula is C17H18BrNO4S. The number of esters is 1. The maximum atomic E-state index is 12.7. The van der Waals surface area contributed by atoms with Crippen LogP contribution in [0.4, 0.5) is 5.69 Å². The second-order valence-electron chi connectivity index (χ2n) is 5.20. The van der Waals surface area contributed by atoms with Crippen molar-refractivity contribution in [2.24, 2.45) is 0 Å². The smallest absolute Gasteiger partial charge is 0.339 e. The van der Waals surface area contributed by atoms with Crippen molar-refractivity contribution < 1.29 is 17.9 Å². The summed E-state index contributed by atoms with van der Waals surface area (Å²) in [5, 5.41) is 0. The molecular weight excluding hydrogens is 394 g/mol. The zero-order valence-electron chi connectivity index (χ0n) is 13.6. The van der Waals surface area contributed by atoms with Gasteiger partial charge in [-0.3, -0.25) is 4.72 Å². The van der Waals surface area contributed by atoms with Gasteiger partial charge in [0.25, 0.3) is 10.0 Å². The number of para-hydroxylation sites is 1. The molecule has 0 fully saturated rings. The van der Waals surface area contributed by atoms with Gasteiger partial charge in [0, 0.05) is 4.47 Å². The number of hydrogen-bond donors (Lipinski definition) is 1. The van der Waals surface area contributed by atoms with Crippen LogP contribution in [0.5, 0.6) is 0 Å². The fourth-order valence-corrected chi connectivity index (χ4v) is 3.91. The number of carbonyl (C=O) groups excluding carboxylic acids is 1. The second-order valence-corrected chi connectivity index (χ2v) is 7.74. The van der Waals surface area contributed by atoms with Crippen molar-refractivity contribution in [2.45, 2.75) is 25.2 Å². The van der Waals surface area contributed by atoms with E-state index in [0.29, 0.717) is 16.6 Å². The largest absolute Gasteiger partial charge is 0.465 e. The maximum absolute atomic E-state index is 12.7. The molecule has 0 atom stereocenters. The molecule has 0 aliphatic heterocycles. The molecule has 0 unspecified atom stereocenters. The third-order valence-corrected chi connectivity index (χ3v) is 5.67. The normalized spacial score (nSPS) is 11.2. The van der Waals surface area contributed by atoms with Crippen molar-refractivity contribution in [3.05, 3.63) is 57.6 Å². The average molecular weight is 412 g/mol. The van der Waals surface area contributed by atoms with Gasteiger partial charge < -0.3 is 4.74 Å². The van der Waals surface area contributed by atoms with Crippen LogP contribution < -0.4 is 4.72 Å². The number of anilines is 1. The van der Waals surface area contributed by atoms with Gasteiger partial charge in [-0.2, -0.15) is 0 Å². The monoisotopic (exact) mass is 411 g/mol. The molecule has 1 N–H and O–H groups in total. The minimum Gasteiger partial charge on any atom is -0.465 e. The Hall–Kier alpha value is -1.86. The Bertz CT molecular complexity index is 878. The highest BCUT2D eigenvalue weighted by Gasteiger charge is 2.20. The van der Waals surface area contributed by atoms with Crippen LogP contribution in [-0.2, 0) is 21.2 Å². The molecule has 0 bridgehead atoms. The van der Waals surface area contributed by atoms with Crippen LogP contribution in [0.1, 0.15) is 28.4 Å². The molecule has 0 spiro atoms. The Morgan fingerprint density at radius 2 is 1.96 bits per heavy atom. The van der Waals surface area contributed by atoms with Crippen molar-refractivity contribution in [3.8, 4) is 0 Å². The summed E-state index contributed by atoms with van der Waals surface area (Å²) < 4.78 is 33.2. The molecule has 0 aromatic heterocycles. The van der Waals surface area contributed by atoms with E-state index in [2.05, 4.69) is 25.4 Å². The average Bonchev–Trinajstić information content (AvgIpc) is 2.56. The Morgan fingerprint density at radius 1 is 1.25 bits per heavy atom. The molecule has 0 aliphatic carbocycles. The van der Waals surface area contributed by atoms with Gasteiger partial charge in [0.2, 0.25) is 0 Å². The third-order valence-electron chi connectivity index (χ3n) is 3.63. The van der Waals surface area contributed by atoms with Crippen LogP contribution >= 0.6 is 15.9 Å². The first-order valence-electron chi connectivity index (χ1n) is 7.29. The van der Waals surface area contributed by atoms with Crippen molar-refractivity contribution >= 4 is 37.6 Å². The number of aryl methyl sites for hydroxylation is 2. The molecule has 5 nitrogen and oxygen atoms in total. The standard InChI is InChI=1S/C17H18BrNO4S/c1-4-12-7-5-6-11(2)16(12)19-24(21,22)13-8-9-15(18)14(10-13)17(20)23-3/h5-10,19H,4H2,1-3H3. The van der Waals surface area contributed by atoms with Gasteiger partial charge in [-0.15, -0.1) is 0 Å². The first-order chi connectivity index (χ1) is 11.3. The number of benzene rings is 2. The van der Waals surface area contributed by atoms with E-state index in [1.54, 1.807) is 0 Å². The van der Waals surface area contributed by atoms with Crippen LogP contribution in [0, 0.1) is 6.92 Å². The lowest BCUT2D eigenvalue weighted by atomic mass is 10.1. The lowest BCUT2D eigenvalue weighted by Gasteiger charge is -2.15. The van der Waals surface area contributed by atoms with E-state index >= 15 is 0 Å². The summed E-state index contributed by atoms with van der Waals surface area (Å²) in [6, 6.07) is 9.86. The minimum atomic E-state index is -3.83. The summed E-state index contributed by atoms with van der Waals surface area (Å²) in [5.41, 5.74) is 2.47. The number of sulfonamides is 1. The molecule has 0 heterocycles. The molecule has 0 aliphatic rings. The molecule has 24 heavy (non-hydrogen) atoms. The van der Waals surface area contributed by atoms with E-state index in [0.717, 1.165) is 11.1 Å². The Labute approximate surface area is 150 Å². The lowest BCUT2D eigenvalue weighted by molar-refractivity contribution is 0.0599. The van der Waals surface area contributed by atoms with Gasteiger partial charge in [-0.05, 0) is 58.6 Å². The number of nitrogens with one attached hydrogen (secondary N) is 1. The molecule has 0 saturated carbocycles. The van der Waals surface area contributed by atoms with Gasteiger partial charge in [0.1, 0.15) is 0 Å². The maximum Gasteiger partial charge on any atom is 0.339 e. The van der Waals surface area contributed by atoms with Crippen LogP contribution in [-0.4, -0.2) is 21.5 Å². The van der Waals surface area contributed by atoms with Crippen molar-refractivity contribution in [1.29, 1.82) is 0 Å². The minimum absolute atomic E-state index is 0.00333. The topological polar surface area (TPSA) is 72.5 Å². The van der Waals surface area contributed by atoms with Crippen LogP contribution in [0.15, 0.2) is 45.8 Å². The highest BCUT2D eigenvalue weighted by molar-refractivity contribution is 9.10. The first kappa shape index (κ1) is 18.5. The number of hydrogen-bond acceptors (Lipinski definition) is 4. The van der Waals surface area contributed by atoms with Crippen LogP contribution in [0.25, 0.3) is 0 Å². The number of rotatable bonds is 5. The van der Waals surface area contributed by atoms with Crippen molar-refractivity contribution in [1.82, 2.24) is 0 Å². The lowest BCUT2D eigenvalue weighted by Crippen LogP contribution is -2.16. The summed E-state index contributed by atoms with van der Waals surface area (Å²) in [5.74, 6) is -0.607. The zero-order valence-corrected chi connectivity index (χ0v) is 16.0.